The minimum Gasteiger partial charge on any atom is -0.444 e. The first kappa shape index (κ1) is 13.4. The largest absolute Gasteiger partial charge is 0.444 e. The second-order valence-electron chi connectivity index (χ2n) is 5.34. The lowest BCUT2D eigenvalue weighted by Crippen LogP contribution is -2.30. The third kappa shape index (κ3) is 2.80. The van der Waals surface area contributed by atoms with Crippen molar-refractivity contribution >= 4 is 21.8 Å². The summed E-state index contributed by atoms with van der Waals surface area (Å²) in [6.07, 6.45) is 1.15. The van der Waals surface area contributed by atoms with Gasteiger partial charge in [0.15, 0.2) is 10.4 Å². The zero-order valence-electron chi connectivity index (χ0n) is 11.2. The van der Waals surface area contributed by atoms with Crippen LogP contribution in [0.15, 0.2) is 51.6 Å². The first-order chi connectivity index (χ1) is 9.65. The molecular formula is C16H16BrNO2. The number of carbonyl (C=O) groups excluding carboxylic acids is 1. The molecule has 1 aromatic heterocycles. The van der Waals surface area contributed by atoms with Gasteiger partial charge in [-0.3, -0.25) is 4.79 Å². The molecule has 4 heteroatoms. The van der Waals surface area contributed by atoms with E-state index in [2.05, 4.69) is 40.3 Å². The monoisotopic (exact) mass is 333 g/mol. The van der Waals surface area contributed by atoms with Gasteiger partial charge in [0.05, 0.1) is 6.04 Å². The summed E-state index contributed by atoms with van der Waals surface area (Å²) < 4.78 is 5.88. The van der Waals surface area contributed by atoms with Crippen molar-refractivity contribution in [3.8, 4) is 0 Å². The Bertz CT molecular complexity index is 608. The SMILES string of the molecule is CC1CC1C(NC(=O)c1ccc(Br)o1)c1ccccc1. The van der Waals surface area contributed by atoms with E-state index in [0.29, 0.717) is 22.3 Å². The molecule has 0 saturated heterocycles. The van der Waals surface area contributed by atoms with E-state index in [1.165, 1.54) is 0 Å². The number of rotatable bonds is 4. The molecule has 1 N–H and O–H groups in total. The molecule has 1 aliphatic carbocycles. The molecule has 0 radical (unpaired) electrons. The number of furan rings is 1. The standard InChI is InChI=1S/C16H16BrNO2/c1-10-9-12(10)15(11-5-3-2-4-6-11)18-16(19)13-7-8-14(17)20-13/h2-8,10,12,15H,9H2,1H3,(H,18,19). The maximum atomic E-state index is 12.3. The molecule has 0 bridgehead atoms. The Morgan fingerprint density at radius 3 is 2.55 bits per heavy atom. The molecule has 104 valence electrons. The van der Waals surface area contributed by atoms with Gasteiger partial charge < -0.3 is 9.73 Å². The number of amides is 1. The van der Waals surface area contributed by atoms with E-state index in [4.69, 9.17) is 4.42 Å². The molecule has 2 aromatic rings. The minimum absolute atomic E-state index is 0.0579. The zero-order chi connectivity index (χ0) is 14.1. The number of carbonyl (C=O) groups is 1. The lowest BCUT2D eigenvalue weighted by atomic mass is 10.0. The third-order valence-corrected chi connectivity index (χ3v) is 4.27. The van der Waals surface area contributed by atoms with E-state index in [9.17, 15) is 4.79 Å². The predicted molar refractivity (Wildman–Crippen MR) is 80.3 cm³/mol. The molecular weight excluding hydrogens is 318 g/mol. The Kier molecular flexibility index (Phi) is 3.66. The molecule has 3 unspecified atom stereocenters. The highest BCUT2D eigenvalue weighted by atomic mass is 79.9. The summed E-state index contributed by atoms with van der Waals surface area (Å²) in [6.45, 7) is 2.22. The van der Waals surface area contributed by atoms with Gasteiger partial charge in [0.2, 0.25) is 0 Å². The second-order valence-corrected chi connectivity index (χ2v) is 6.12. The summed E-state index contributed by atoms with van der Waals surface area (Å²) in [4.78, 5) is 12.3. The maximum absolute atomic E-state index is 12.3. The van der Waals surface area contributed by atoms with Crippen LogP contribution in [-0.4, -0.2) is 5.91 Å². The lowest BCUT2D eigenvalue weighted by Gasteiger charge is -2.18. The molecule has 1 saturated carbocycles. The highest BCUT2D eigenvalue weighted by molar-refractivity contribution is 9.10. The average molecular weight is 334 g/mol. The van der Waals surface area contributed by atoms with E-state index in [-0.39, 0.29) is 11.9 Å². The Morgan fingerprint density at radius 2 is 2.00 bits per heavy atom. The number of halogens is 1. The smallest absolute Gasteiger partial charge is 0.287 e. The van der Waals surface area contributed by atoms with Crippen LogP contribution in [0.1, 0.15) is 35.5 Å². The van der Waals surface area contributed by atoms with Crippen LogP contribution >= 0.6 is 15.9 Å². The Labute approximate surface area is 126 Å². The third-order valence-electron chi connectivity index (χ3n) is 3.84. The van der Waals surface area contributed by atoms with Crippen molar-refractivity contribution in [1.29, 1.82) is 0 Å². The topological polar surface area (TPSA) is 42.2 Å². The van der Waals surface area contributed by atoms with E-state index in [1.54, 1.807) is 12.1 Å². The van der Waals surface area contributed by atoms with Crippen molar-refractivity contribution in [2.24, 2.45) is 11.8 Å². The molecule has 1 aliphatic rings. The summed E-state index contributed by atoms with van der Waals surface area (Å²) in [5.74, 6) is 1.35. The van der Waals surface area contributed by atoms with Crippen molar-refractivity contribution in [2.45, 2.75) is 19.4 Å². The number of hydrogen-bond acceptors (Lipinski definition) is 2. The molecule has 3 rings (SSSR count). The van der Waals surface area contributed by atoms with Gasteiger partial charge in [-0.05, 0) is 51.9 Å². The van der Waals surface area contributed by atoms with Gasteiger partial charge in [0, 0.05) is 0 Å². The molecule has 0 aliphatic heterocycles. The Morgan fingerprint density at radius 1 is 1.30 bits per heavy atom. The van der Waals surface area contributed by atoms with Crippen molar-refractivity contribution in [1.82, 2.24) is 5.32 Å². The lowest BCUT2D eigenvalue weighted by molar-refractivity contribution is 0.0901. The molecule has 0 spiro atoms. The van der Waals surface area contributed by atoms with Crippen LogP contribution in [0.5, 0.6) is 0 Å². The molecule has 3 nitrogen and oxygen atoms in total. The minimum atomic E-state index is -0.163. The van der Waals surface area contributed by atoms with Crippen LogP contribution in [0.3, 0.4) is 0 Å². The summed E-state index contributed by atoms with van der Waals surface area (Å²) >= 11 is 3.22. The van der Waals surface area contributed by atoms with E-state index < -0.39 is 0 Å². The molecule has 1 fully saturated rings. The van der Waals surface area contributed by atoms with Crippen molar-refractivity contribution in [3.63, 3.8) is 0 Å². The maximum Gasteiger partial charge on any atom is 0.287 e. The van der Waals surface area contributed by atoms with Crippen LogP contribution in [-0.2, 0) is 0 Å². The number of benzene rings is 1. The van der Waals surface area contributed by atoms with Crippen molar-refractivity contribution in [3.05, 3.63) is 58.5 Å². The fraction of sp³-hybridized carbons (Fsp3) is 0.312. The van der Waals surface area contributed by atoms with Crippen LogP contribution in [0, 0.1) is 11.8 Å². The van der Waals surface area contributed by atoms with Crippen LogP contribution in [0.4, 0.5) is 0 Å². The fourth-order valence-electron chi connectivity index (χ4n) is 2.56. The van der Waals surface area contributed by atoms with Crippen molar-refractivity contribution in [2.75, 3.05) is 0 Å². The van der Waals surface area contributed by atoms with E-state index in [0.717, 1.165) is 12.0 Å². The van der Waals surface area contributed by atoms with Gasteiger partial charge in [-0.1, -0.05) is 37.3 Å². The van der Waals surface area contributed by atoms with Gasteiger partial charge in [-0.2, -0.15) is 0 Å². The Hall–Kier alpha value is -1.55. The molecule has 1 heterocycles. The highest BCUT2D eigenvalue weighted by Gasteiger charge is 2.41. The van der Waals surface area contributed by atoms with Gasteiger partial charge in [0.25, 0.3) is 5.91 Å². The van der Waals surface area contributed by atoms with Crippen LogP contribution < -0.4 is 5.32 Å². The van der Waals surface area contributed by atoms with Gasteiger partial charge in [0.1, 0.15) is 0 Å². The summed E-state index contributed by atoms with van der Waals surface area (Å²) in [6, 6.07) is 13.6. The first-order valence-electron chi connectivity index (χ1n) is 6.76. The Balaban J connectivity index is 1.79. The summed E-state index contributed by atoms with van der Waals surface area (Å²) in [5.41, 5.74) is 1.15. The number of nitrogens with one attached hydrogen (secondary N) is 1. The molecule has 1 amide bonds. The summed E-state index contributed by atoms with van der Waals surface area (Å²) in [7, 11) is 0. The van der Waals surface area contributed by atoms with E-state index >= 15 is 0 Å². The second kappa shape index (κ2) is 5.44. The van der Waals surface area contributed by atoms with Gasteiger partial charge in [-0.15, -0.1) is 0 Å². The average Bonchev–Trinajstić information content (AvgIpc) is 3.00. The predicted octanol–water partition coefficient (Wildman–Crippen LogP) is 4.17. The molecule has 3 atom stereocenters. The zero-order valence-corrected chi connectivity index (χ0v) is 12.8. The van der Waals surface area contributed by atoms with Crippen LogP contribution in [0.25, 0.3) is 0 Å². The van der Waals surface area contributed by atoms with E-state index in [1.807, 2.05) is 18.2 Å². The summed E-state index contributed by atoms with van der Waals surface area (Å²) in [5, 5.41) is 3.10. The van der Waals surface area contributed by atoms with Gasteiger partial charge >= 0.3 is 0 Å². The number of hydrogen-bond donors (Lipinski definition) is 1. The first-order valence-corrected chi connectivity index (χ1v) is 7.55. The fourth-order valence-corrected chi connectivity index (χ4v) is 2.87. The van der Waals surface area contributed by atoms with Crippen LogP contribution in [0.2, 0.25) is 0 Å². The molecule has 20 heavy (non-hydrogen) atoms. The quantitative estimate of drug-likeness (QED) is 0.912. The van der Waals surface area contributed by atoms with Crippen molar-refractivity contribution < 1.29 is 9.21 Å². The van der Waals surface area contributed by atoms with Gasteiger partial charge in [-0.25, -0.2) is 0 Å². The normalized spacial score (nSPS) is 22.3. The molecule has 1 aromatic carbocycles. The highest BCUT2D eigenvalue weighted by Crippen LogP contribution is 2.47.